The number of nitro benzene ring substituents is 1. The highest BCUT2D eigenvalue weighted by molar-refractivity contribution is 8.18. The Bertz CT molecular complexity index is 1410. The zero-order valence-electron chi connectivity index (χ0n) is 19.6. The summed E-state index contributed by atoms with van der Waals surface area (Å²) in [6.45, 7) is 3.27. The van der Waals surface area contributed by atoms with Crippen LogP contribution in [0.2, 0.25) is 0 Å². The summed E-state index contributed by atoms with van der Waals surface area (Å²) in [6, 6.07) is 13.0. The van der Waals surface area contributed by atoms with Gasteiger partial charge in [0, 0.05) is 11.8 Å². The number of carbonyl (C=O) groups is 3. The molecule has 1 aliphatic rings. The number of imide groups is 1. The minimum atomic E-state index is -0.630. The molecule has 0 unspecified atom stereocenters. The Morgan fingerprint density at radius 1 is 1.17 bits per heavy atom. The van der Waals surface area contributed by atoms with Crippen LogP contribution in [0.4, 0.5) is 16.2 Å². The van der Waals surface area contributed by atoms with Gasteiger partial charge in [0.1, 0.15) is 23.8 Å². The first-order chi connectivity index (χ1) is 17.2. The largest absolute Gasteiger partial charge is 0.497 e. The lowest BCUT2D eigenvalue weighted by Gasteiger charge is -2.15. The molecule has 1 aliphatic heterocycles. The van der Waals surface area contributed by atoms with Crippen molar-refractivity contribution in [3.8, 4) is 17.1 Å². The van der Waals surface area contributed by atoms with Crippen molar-refractivity contribution < 1.29 is 28.5 Å². The third-order valence-electron chi connectivity index (χ3n) is 5.49. The van der Waals surface area contributed by atoms with Gasteiger partial charge in [0.25, 0.3) is 16.8 Å². The van der Waals surface area contributed by atoms with Crippen LogP contribution in [0.1, 0.15) is 16.9 Å². The van der Waals surface area contributed by atoms with E-state index in [0.29, 0.717) is 23.2 Å². The van der Waals surface area contributed by atoms with Crippen LogP contribution in [0.5, 0.6) is 5.75 Å². The molecule has 2 aromatic carbocycles. The van der Waals surface area contributed by atoms with E-state index >= 15 is 0 Å². The molecular formula is C25H21N3O7S. The fourth-order valence-corrected chi connectivity index (χ4v) is 4.49. The summed E-state index contributed by atoms with van der Waals surface area (Å²) in [6.07, 6.45) is 1.37. The van der Waals surface area contributed by atoms with Crippen molar-refractivity contribution in [3.05, 3.63) is 80.4 Å². The lowest BCUT2D eigenvalue weighted by molar-refractivity contribution is -0.384. The van der Waals surface area contributed by atoms with Crippen LogP contribution < -0.4 is 10.1 Å². The number of amides is 3. The number of anilines is 1. The van der Waals surface area contributed by atoms with Gasteiger partial charge in [-0.1, -0.05) is 18.2 Å². The van der Waals surface area contributed by atoms with Gasteiger partial charge in [-0.3, -0.25) is 29.4 Å². The fraction of sp³-hybridized carbons (Fsp3) is 0.160. The van der Waals surface area contributed by atoms with Crippen molar-refractivity contribution in [2.75, 3.05) is 19.0 Å². The van der Waals surface area contributed by atoms with Gasteiger partial charge < -0.3 is 14.5 Å². The molecule has 1 fully saturated rings. The van der Waals surface area contributed by atoms with Crippen LogP contribution in [0.3, 0.4) is 0 Å². The zero-order chi connectivity index (χ0) is 26.0. The molecule has 2 heterocycles. The van der Waals surface area contributed by atoms with E-state index in [0.717, 1.165) is 16.0 Å². The first-order valence-electron chi connectivity index (χ1n) is 10.7. The van der Waals surface area contributed by atoms with Crippen molar-refractivity contribution in [1.29, 1.82) is 0 Å². The fourth-order valence-electron chi connectivity index (χ4n) is 3.67. The van der Waals surface area contributed by atoms with Gasteiger partial charge in [0.15, 0.2) is 0 Å². The van der Waals surface area contributed by atoms with Crippen LogP contribution in [0.15, 0.2) is 57.9 Å². The number of nitrogens with one attached hydrogen (secondary N) is 1. The summed E-state index contributed by atoms with van der Waals surface area (Å²) in [5.41, 5.74) is 2.40. The van der Waals surface area contributed by atoms with Crippen LogP contribution in [-0.4, -0.2) is 40.5 Å². The molecule has 0 bridgehead atoms. The molecule has 3 aromatic rings. The molecule has 184 valence electrons. The Morgan fingerprint density at radius 3 is 2.56 bits per heavy atom. The number of methoxy groups -OCH3 is 1. The maximum absolute atomic E-state index is 12.8. The van der Waals surface area contributed by atoms with Gasteiger partial charge in [0.05, 0.1) is 28.6 Å². The van der Waals surface area contributed by atoms with E-state index in [-0.39, 0.29) is 27.7 Å². The summed E-state index contributed by atoms with van der Waals surface area (Å²) in [4.78, 5) is 49.7. The lowest BCUT2D eigenvalue weighted by Crippen LogP contribution is -2.36. The Hall–Kier alpha value is -4.38. The quantitative estimate of drug-likeness (QED) is 0.264. The second-order valence-corrected chi connectivity index (χ2v) is 8.92. The summed E-state index contributed by atoms with van der Waals surface area (Å²) < 4.78 is 10.7. The van der Waals surface area contributed by atoms with E-state index in [9.17, 15) is 24.5 Å². The van der Waals surface area contributed by atoms with Crippen molar-refractivity contribution in [1.82, 2.24) is 4.90 Å². The molecule has 1 saturated heterocycles. The summed E-state index contributed by atoms with van der Waals surface area (Å²) in [5, 5.41) is 13.7. The Labute approximate surface area is 210 Å². The molecule has 1 N–H and O–H groups in total. The van der Waals surface area contributed by atoms with Crippen LogP contribution in [-0.2, 0) is 9.59 Å². The highest BCUT2D eigenvalue weighted by atomic mass is 32.2. The van der Waals surface area contributed by atoms with Crippen LogP contribution >= 0.6 is 11.8 Å². The molecule has 1 aromatic heterocycles. The average Bonchev–Trinajstić information content (AvgIpc) is 3.41. The number of aryl methyl sites for hydroxylation is 2. The Morgan fingerprint density at radius 2 is 1.89 bits per heavy atom. The number of benzene rings is 2. The maximum atomic E-state index is 12.8. The Balaban J connectivity index is 1.51. The number of para-hydroxylation sites is 1. The van der Waals surface area contributed by atoms with Gasteiger partial charge in [-0.2, -0.15) is 0 Å². The number of ether oxygens (including phenoxy) is 1. The minimum Gasteiger partial charge on any atom is -0.497 e. The minimum absolute atomic E-state index is 0.0741. The number of thioether (sulfide) groups is 1. The summed E-state index contributed by atoms with van der Waals surface area (Å²) in [7, 11) is 1.41. The normalized spacial score (nSPS) is 14.4. The standard InChI is InChI=1S/C25H21N3O7S/c1-14-5-4-6-15(2)23(14)26-22(29)13-27-24(30)21(36-25(27)31)12-17-8-10-20(35-17)18-9-7-16(34-3)11-19(18)28(32)33/h4-12H,13H2,1-3H3,(H,26,29)/b21-12+. The molecule has 0 saturated carbocycles. The predicted octanol–water partition coefficient (Wildman–Crippen LogP) is 5.16. The Kier molecular flexibility index (Phi) is 6.93. The molecule has 0 atom stereocenters. The van der Waals surface area contributed by atoms with Crippen LogP contribution in [0.25, 0.3) is 17.4 Å². The summed E-state index contributed by atoms with van der Waals surface area (Å²) in [5.74, 6) is -0.367. The first kappa shape index (κ1) is 24.7. The molecule has 0 aliphatic carbocycles. The molecule has 11 heteroatoms. The van der Waals surface area contributed by atoms with Gasteiger partial charge in [-0.15, -0.1) is 0 Å². The summed E-state index contributed by atoms with van der Waals surface area (Å²) >= 11 is 0.683. The third kappa shape index (κ3) is 5.01. The molecule has 0 spiro atoms. The molecule has 3 amide bonds. The van der Waals surface area contributed by atoms with Gasteiger partial charge in [-0.05, 0) is 61.0 Å². The van der Waals surface area contributed by atoms with E-state index in [4.69, 9.17) is 9.15 Å². The second-order valence-electron chi connectivity index (χ2n) is 7.93. The average molecular weight is 508 g/mol. The predicted molar refractivity (Wildman–Crippen MR) is 135 cm³/mol. The maximum Gasteiger partial charge on any atom is 0.294 e. The van der Waals surface area contributed by atoms with E-state index in [1.54, 1.807) is 6.07 Å². The van der Waals surface area contributed by atoms with E-state index in [1.807, 2.05) is 32.0 Å². The first-order valence-corrected chi connectivity index (χ1v) is 11.5. The van der Waals surface area contributed by atoms with Crippen LogP contribution in [0, 0.1) is 24.0 Å². The lowest BCUT2D eigenvalue weighted by atomic mass is 10.1. The zero-order valence-corrected chi connectivity index (χ0v) is 20.4. The van der Waals surface area contributed by atoms with Gasteiger partial charge >= 0.3 is 0 Å². The van der Waals surface area contributed by atoms with Crippen molar-refractivity contribution >= 4 is 46.3 Å². The van der Waals surface area contributed by atoms with E-state index < -0.39 is 28.5 Å². The molecule has 10 nitrogen and oxygen atoms in total. The highest BCUT2D eigenvalue weighted by Crippen LogP contribution is 2.36. The number of nitro groups is 1. The second kappa shape index (κ2) is 10.1. The number of nitrogens with zero attached hydrogens (tertiary/aromatic N) is 2. The van der Waals surface area contributed by atoms with Crippen molar-refractivity contribution in [3.63, 3.8) is 0 Å². The third-order valence-corrected chi connectivity index (χ3v) is 6.40. The number of hydrogen-bond donors (Lipinski definition) is 1. The SMILES string of the molecule is COc1ccc(-c2ccc(/C=C3/SC(=O)N(CC(=O)Nc4c(C)cccc4C)C3=O)o2)c([N+](=O)[O-])c1. The van der Waals surface area contributed by atoms with Crippen molar-refractivity contribution in [2.45, 2.75) is 13.8 Å². The smallest absolute Gasteiger partial charge is 0.294 e. The number of hydrogen-bond acceptors (Lipinski definition) is 8. The van der Waals surface area contributed by atoms with E-state index in [2.05, 4.69) is 5.32 Å². The number of rotatable bonds is 7. The van der Waals surface area contributed by atoms with E-state index in [1.165, 1.54) is 37.5 Å². The van der Waals surface area contributed by atoms with Gasteiger partial charge in [-0.25, -0.2) is 0 Å². The number of carbonyl (C=O) groups excluding carboxylic acids is 3. The highest BCUT2D eigenvalue weighted by Gasteiger charge is 2.36. The monoisotopic (exact) mass is 507 g/mol. The molecule has 0 radical (unpaired) electrons. The molecule has 4 rings (SSSR count). The van der Waals surface area contributed by atoms with Crippen molar-refractivity contribution in [2.24, 2.45) is 0 Å². The van der Waals surface area contributed by atoms with Gasteiger partial charge in [0.2, 0.25) is 5.91 Å². The number of furan rings is 1. The molecule has 36 heavy (non-hydrogen) atoms. The topological polar surface area (TPSA) is 132 Å². The molecular weight excluding hydrogens is 486 g/mol.